The molecule has 1 aliphatic heterocycles. The number of hydrogen-bond donors (Lipinski definition) is 1. The molecule has 2 heterocycles. The molecule has 2 aliphatic rings. The summed E-state index contributed by atoms with van der Waals surface area (Å²) in [5, 5.41) is 2.94. The number of piperidine rings is 1. The number of amides is 2. The molecule has 7 heteroatoms. The van der Waals surface area contributed by atoms with E-state index in [-0.39, 0.29) is 17.9 Å². The number of imidazole rings is 1. The van der Waals surface area contributed by atoms with E-state index in [0.717, 1.165) is 44.6 Å². The van der Waals surface area contributed by atoms with E-state index in [0.29, 0.717) is 30.2 Å². The number of carbonyl (C=O) groups is 2. The Morgan fingerprint density at radius 3 is 2.69 bits per heavy atom. The van der Waals surface area contributed by atoms with Crippen molar-refractivity contribution in [3.8, 4) is 5.75 Å². The summed E-state index contributed by atoms with van der Waals surface area (Å²) in [5.74, 6) is 2.12. The van der Waals surface area contributed by atoms with Crippen LogP contribution in [0.1, 0.15) is 41.9 Å². The van der Waals surface area contributed by atoms with Crippen LogP contribution in [0.25, 0.3) is 0 Å². The second kappa shape index (κ2) is 8.68. The Labute approximate surface area is 171 Å². The first-order chi connectivity index (χ1) is 14.1. The van der Waals surface area contributed by atoms with Gasteiger partial charge in [0.1, 0.15) is 17.7 Å². The molecule has 2 aromatic rings. The summed E-state index contributed by atoms with van der Waals surface area (Å²) < 4.78 is 8.05. The standard InChI is InChI=1S/C22H28N4O3/c1-25-14-11-23-20(25)7-10-24-21(27)17-3-2-4-19(15-17)29-18-8-12-26(13-9-18)22(28)16-5-6-16/h2-4,11,14-16,18H,5-10,12-13H2,1H3,(H,24,27). The molecule has 1 saturated carbocycles. The van der Waals surface area contributed by atoms with Gasteiger partial charge in [-0.15, -0.1) is 0 Å². The molecule has 1 aliphatic carbocycles. The minimum Gasteiger partial charge on any atom is -0.490 e. The summed E-state index contributed by atoms with van der Waals surface area (Å²) in [5.41, 5.74) is 0.587. The lowest BCUT2D eigenvalue weighted by Gasteiger charge is -2.32. The molecule has 0 atom stereocenters. The third-order valence-corrected chi connectivity index (χ3v) is 5.63. The largest absolute Gasteiger partial charge is 0.490 e. The van der Waals surface area contributed by atoms with Gasteiger partial charge >= 0.3 is 0 Å². The second-order valence-electron chi connectivity index (χ2n) is 7.90. The summed E-state index contributed by atoms with van der Waals surface area (Å²) in [4.78, 5) is 30.8. The Morgan fingerprint density at radius 1 is 1.21 bits per heavy atom. The molecule has 2 fully saturated rings. The molecule has 154 valence electrons. The Hall–Kier alpha value is -2.83. The summed E-state index contributed by atoms with van der Waals surface area (Å²) >= 11 is 0. The highest BCUT2D eigenvalue weighted by atomic mass is 16.5. The van der Waals surface area contributed by atoms with E-state index in [1.807, 2.05) is 34.8 Å². The van der Waals surface area contributed by atoms with Gasteiger partial charge in [0.15, 0.2) is 0 Å². The van der Waals surface area contributed by atoms with Gasteiger partial charge < -0.3 is 19.5 Å². The van der Waals surface area contributed by atoms with Crippen molar-refractivity contribution in [2.24, 2.45) is 13.0 Å². The number of likely N-dealkylation sites (tertiary alicyclic amines) is 1. The molecule has 1 N–H and O–H groups in total. The zero-order chi connectivity index (χ0) is 20.2. The van der Waals surface area contributed by atoms with Gasteiger partial charge in [0.25, 0.3) is 5.91 Å². The molecule has 0 bridgehead atoms. The average Bonchev–Trinajstić information content (AvgIpc) is 3.51. The van der Waals surface area contributed by atoms with Crippen LogP contribution >= 0.6 is 0 Å². The van der Waals surface area contributed by atoms with Gasteiger partial charge in [0.05, 0.1) is 0 Å². The van der Waals surface area contributed by atoms with Crippen molar-refractivity contribution in [2.75, 3.05) is 19.6 Å². The van der Waals surface area contributed by atoms with E-state index in [1.165, 1.54) is 0 Å². The van der Waals surface area contributed by atoms with Crippen LogP contribution in [-0.2, 0) is 18.3 Å². The predicted molar refractivity (Wildman–Crippen MR) is 109 cm³/mol. The number of benzene rings is 1. The monoisotopic (exact) mass is 396 g/mol. The first-order valence-corrected chi connectivity index (χ1v) is 10.4. The number of hydrogen-bond acceptors (Lipinski definition) is 4. The fourth-order valence-electron chi connectivity index (χ4n) is 3.71. The number of nitrogens with one attached hydrogen (secondary N) is 1. The summed E-state index contributed by atoms with van der Waals surface area (Å²) in [7, 11) is 1.94. The number of rotatable bonds is 7. The number of aromatic nitrogens is 2. The highest BCUT2D eigenvalue weighted by Gasteiger charge is 2.35. The van der Waals surface area contributed by atoms with Crippen molar-refractivity contribution >= 4 is 11.8 Å². The van der Waals surface area contributed by atoms with Gasteiger partial charge in [0.2, 0.25) is 5.91 Å². The maximum atomic E-state index is 12.5. The van der Waals surface area contributed by atoms with E-state index in [9.17, 15) is 9.59 Å². The molecule has 1 saturated heterocycles. The fraction of sp³-hybridized carbons (Fsp3) is 0.500. The normalized spacial score (nSPS) is 17.2. The zero-order valence-corrected chi connectivity index (χ0v) is 16.8. The Balaban J connectivity index is 1.25. The van der Waals surface area contributed by atoms with Gasteiger partial charge in [-0.1, -0.05) is 6.07 Å². The number of aryl methyl sites for hydroxylation is 1. The number of nitrogens with zero attached hydrogens (tertiary/aromatic N) is 3. The lowest BCUT2D eigenvalue weighted by Crippen LogP contribution is -2.42. The smallest absolute Gasteiger partial charge is 0.251 e. The SMILES string of the molecule is Cn1ccnc1CCNC(=O)c1cccc(OC2CCN(C(=O)C3CC3)CC2)c1. The highest BCUT2D eigenvalue weighted by molar-refractivity contribution is 5.94. The molecule has 0 radical (unpaired) electrons. The van der Waals surface area contributed by atoms with E-state index < -0.39 is 0 Å². The van der Waals surface area contributed by atoms with Gasteiger partial charge in [-0.3, -0.25) is 9.59 Å². The second-order valence-corrected chi connectivity index (χ2v) is 7.90. The molecule has 29 heavy (non-hydrogen) atoms. The van der Waals surface area contributed by atoms with Crippen LogP contribution in [0.15, 0.2) is 36.7 Å². The van der Waals surface area contributed by atoms with Crippen molar-refractivity contribution in [1.82, 2.24) is 19.8 Å². The first-order valence-electron chi connectivity index (χ1n) is 10.4. The van der Waals surface area contributed by atoms with E-state index in [4.69, 9.17) is 4.74 Å². The van der Waals surface area contributed by atoms with Crippen molar-refractivity contribution < 1.29 is 14.3 Å². The highest BCUT2D eigenvalue weighted by Crippen LogP contribution is 2.32. The van der Waals surface area contributed by atoms with E-state index in [1.54, 1.807) is 18.3 Å². The Bertz CT molecular complexity index is 866. The van der Waals surface area contributed by atoms with Crippen LogP contribution in [0.4, 0.5) is 0 Å². The molecule has 2 amide bonds. The van der Waals surface area contributed by atoms with Crippen molar-refractivity contribution in [3.05, 3.63) is 48.0 Å². The fourth-order valence-corrected chi connectivity index (χ4v) is 3.71. The summed E-state index contributed by atoms with van der Waals surface area (Å²) in [6, 6.07) is 7.30. The molecular weight excluding hydrogens is 368 g/mol. The van der Waals surface area contributed by atoms with Crippen LogP contribution in [-0.4, -0.2) is 52.0 Å². The van der Waals surface area contributed by atoms with Crippen LogP contribution in [0.5, 0.6) is 5.75 Å². The minimum atomic E-state index is -0.116. The minimum absolute atomic E-state index is 0.0833. The topological polar surface area (TPSA) is 76.5 Å². The molecular formula is C22H28N4O3. The molecule has 1 aromatic heterocycles. The molecule has 0 unspecified atom stereocenters. The van der Waals surface area contributed by atoms with E-state index >= 15 is 0 Å². The molecule has 0 spiro atoms. The first kappa shape index (κ1) is 19.5. The average molecular weight is 396 g/mol. The molecule has 4 rings (SSSR count). The van der Waals surface area contributed by atoms with E-state index in [2.05, 4.69) is 10.3 Å². The van der Waals surface area contributed by atoms with Gasteiger partial charge in [0, 0.05) is 69.8 Å². The predicted octanol–water partition coefficient (Wildman–Crippen LogP) is 2.17. The third-order valence-electron chi connectivity index (χ3n) is 5.63. The lowest BCUT2D eigenvalue weighted by atomic mass is 10.1. The Morgan fingerprint density at radius 2 is 2.00 bits per heavy atom. The quantitative estimate of drug-likeness (QED) is 0.778. The van der Waals surface area contributed by atoms with Crippen LogP contribution < -0.4 is 10.1 Å². The zero-order valence-electron chi connectivity index (χ0n) is 16.8. The number of ether oxygens (including phenoxy) is 1. The van der Waals surface area contributed by atoms with Crippen molar-refractivity contribution in [2.45, 2.75) is 38.2 Å². The maximum absolute atomic E-state index is 12.5. The van der Waals surface area contributed by atoms with Crippen LogP contribution in [0, 0.1) is 5.92 Å². The summed E-state index contributed by atoms with van der Waals surface area (Å²) in [6.07, 6.45) is 8.17. The molecule has 7 nitrogen and oxygen atoms in total. The van der Waals surface area contributed by atoms with Crippen molar-refractivity contribution in [1.29, 1.82) is 0 Å². The Kier molecular flexibility index (Phi) is 5.83. The maximum Gasteiger partial charge on any atom is 0.251 e. The van der Waals surface area contributed by atoms with Crippen molar-refractivity contribution in [3.63, 3.8) is 0 Å². The van der Waals surface area contributed by atoms with Gasteiger partial charge in [-0.2, -0.15) is 0 Å². The lowest BCUT2D eigenvalue weighted by molar-refractivity contribution is -0.134. The van der Waals surface area contributed by atoms with Gasteiger partial charge in [-0.25, -0.2) is 4.98 Å². The molecule has 1 aromatic carbocycles. The van der Waals surface area contributed by atoms with Crippen LogP contribution in [0.2, 0.25) is 0 Å². The third kappa shape index (κ3) is 4.96. The number of carbonyl (C=O) groups excluding carboxylic acids is 2. The summed E-state index contributed by atoms with van der Waals surface area (Å²) in [6.45, 7) is 2.04. The van der Waals surface area contributed by atoms with Crippen LogP contribution in [0.3, 0.4) is 0 Å². The van der Waals surface area contributed by atoms with Gasteiger partial charge in [-0.05, 0) is 31.0 Å².